The van der Waals surface area contributed by atoms with Gasteiger partial charge in [-0.05, 0) is 119 Å². The molecule has 0 radical (unpaired) electrons. The normalized spacial score (nSPS) is 22.6. The second-order valence-corrected chi connectivity index (χ2v) is 22.6. The zero-order chi connectivity index (χ0) is 46.4. The van der Waals surface area contributed by atoms with Gasteiger partial charge >= 0.3 is 17.2 Å². The van der Waals surface area contributed by atoms with E-state index >= 15 is 0 Å². The number of phenols is 1. The van der Waals surface area contributed by atoms with Crippen LogP contribution in [-0.2, 0) is 29.9 Å². The highest BCUT2D eigenvalue weighted by Crippen LogP contribution is 2.56. The van der Waals surface area contributed by atoms with E-state index in [4.69, 9.17) is 30.9 Å². The number of thiocarbonyl (C=S) groups is 1. The maximum atomic E-state index is 14.3. The molecule has 2 aromatic rings. The summed E-state index contributed by atoms with van der Waals surface area (Å²) in [5.41, 5.74) is 2.93. The minimum Gasteiger partial charge on any atom is -0.507 e. The number of β-lactam (4-membered cyclic amide) rings is 1. The minimum atomic E-state index is -2.14. The lowest BCUT2D eigenvalue weighted by molar-refractivity contribution is -0.384. The molecular formula is C49H64N2O10SSi. The maximum Gasteiger partial charge on any atom is 0.363 e. The lowest BCUT2D eigenvalue weighted by atomic mass is 9.65. The van der Waals surface area contributed by atoms with Crippen LogP contribution in [0.1, 0.15) is 122 Å². The summed E-state index contributed by atoms with van der Waals surface area (Å²) < 4.78 is 24.4. The number of amides is 1. The molecule has 1 fully saturated rings. The van der Waals surface area contributed by atoms with Crippen LogP contribution in [0.2, 0.25) is 18.1 Å². The number of allylic oxidation sites excluding steroid dienone is 4. The third-order valence-electron chi connectivity index (χ3n) is 13.7. The van der Waals surface area contributed by atoms with Crippen LogP contribution < -0.4 is 4.74 Å². The lowest BCUT2D eigenvalue weighted by Gasteiger charge is -2.56. The molecule has 1 saturated heterocycles. The van der Waals surface area contributed by atoms with Gasteiger partial charge in [-0.3, -0.25) is 14.9 Å². The van der Waals surface area contributed by atoms with Crippen molar-refractivity contribution in [1.29, 1.82) is 0 Å². The Hall–Kier alpha value is -4.92. The first-order valence-electron chi connectivity index (χ1n) is 22.3. The van der Waals surface area contributed by atoms with Crippen LogP contribution in [0.25, 0.3) is 0 Å². The Kier molecular flexibility index (Phi) is 16.1. The predicted molar refractivity (Wildman–Crippen MR) is 250 cm³/mol. The van der Waals surface area contributed by atoms with Gasteiger partial charge in [0.25, 0.3) is 5.69 Å². The Morgan fingerprint density at radius 3 is 2.38 bits per heavy atom. The molecule has 0 saturated carbocycles. The molecule has 5 rings (SSSR count). The van der Waals surface area contributed by atoms with Gasteiger partial charge in [0.1, 0.15) is 23.8 Å². The van der Waals surface area contributed by atoms with Crippen molar-refractivity contribution < 1.29 is 43.1 Å². The summed E-state index contributed by atoms with van der Waals surface area (Å²) >= 11 is 5.62. The number of rotatable bonds is 19. The number of carbonyl (C=O) groups excluding carboxylic acids is 3. The number of nitrogens with zero attached hydrogens (tertiary/aromatic N) is 2. The van der Waals surface area contributed by atoms with Gasteiger partial charge < -0.3 is 28.6 Å². The molecule has 340 valence electrons. The second kappa shape index (κ2) is 20.7. The van der Waals surface area contributed by atoms with Crippen LogP contribution in [0.15, 0.2) is 83.6 Å². The summed E-state index contributed by atoms with van der Waals surface area (Å²) in [6, 6.07) is 10.7. The van der Waals surface area contributed by atoms with E-state index in [0.717, 1.165) is 79.9 Å². The fourth-order valence-corrected chi connectivity index (χ4v) is 12.8. The van der Waals surface area contributed by atoms with Crippen LogP contribution in [0, 0.1) is 27.4 Å². The van der Waals surface area contributed by atoms with Gasteiger partial charge in [-0.2, -0.15) is 0 Å². The third kappa shape index (κ3) is 10.2. The average Bonchev–Trinajstić information content (AvgIpc) is 3.53. The molecular weight excluding hydrogens is 837 g/mol. The van der Waals surface area contributed by atoms with Crippen LogP contribution in [-0.4, -0.2) is 65.1 Å². The summed E-state index contributed by atoms with van der Waals surface area (Å²) in [7, 11) is -2.14. The summed E-state index contributed by atoms with van der Waals surface area (Å²) in [5.74, 6) is -2.25. The molecule has 0 bridgehead atoms. The van der Waals surface area contributed by atoms with E-state index in [0.29, 0.717) is 16.9 Å². The molecule has 2 aliphatic heterocycles. The van der Waals surface area contributed by atoms with Crippen LogP contribution in [0.5, 0.6) is 11.5 Å². The number of hydrogen-bond donors (Lipinski definition) is 1. The van der Waals surface area contributed by atoms with Gasteiger partial charge in [-0.25, -0.2) is 9.59 Å². The van der Waals surface area contributed by atoms with Gasteiger partial charge in [-0.1, -0.05) is 77.3 Å². The van der Waals surface area contributed by atoms with Crippen molar-refractivity contribution in [1.82, 2.24) is 4.90 Å². The highest BCUT2D eigenvalue weighted by molar-refractivity contribution is 7.79. The molecule has 3 aliphatic rings. The highest BCUT2D eigenvalue weighted by Gasteiger charge is 2.68. The Balaban J connectivity index is 1.42. The van der Waals surface area contributed by atoms with Gasteiger partial charge in [0.15, 0.2) is 8.32 Å². The van der Waals surface area contributed by atoms with Gasteiger partial charge in [0.2, 0.25) is 5.91 Å². The summed E-state index contributed by atoms with van der Waals surface area (Å²) in [6.45, 7) is 22.5. The first kappa shape index (κ1) is 49.1. The topological polar surface area (TPSA) is 155 Å². The molecule has 6 atom stereocenters. The molecule has 0 spiro atoms. The standard InChI is InChI=1S/C49H64N2O10SSi/c1-11-15-16-18-34-28-40(52)42(39-27-31(7)20-25-37(39)30(5)6)41(29-34)59-48(62)58-26-17-19-38-32(8)44-49(10,33(9)61-63(12-2,13-3)14-4)47(55)50(44)43(38)46(54)60-45(53)35-21-23-36(24-22-35)51(56)57/h17,19,21-24,27-29,32-33,37,39,44,52H,5,11-16,18,20,25-26H2,1-4,6-10H3/b19-17+/t32-,33?,37-,39+,44+,49+/m0/s1. The Morgan fingerprint density at radius 1 is 1.11 bits per heavy atom. The number of unbranched alkanes of at least 4 members (excludes halogenated alkanes) is 2. The monoisotopic (exact) mass is 900 g/mol. The smallest absolute Gasteiger partial charge is 0.363 e. The molecule has 1 amide bonds. The number of fused-ring (bicyclic) bond motifs is 1. The average molecular weight is 901 g/mol. The fourth-order valence-electron chi connectivity index (χ4n) is 9.62. The summed E-state index contributed by atoms with van der Waals surface area (Å²) in [6.07, 6.45) is 10.7. The number of aryl methyl sites for hydroxylation is 1. The maximum absolute atomic E-state index is 14.3. The number of ether oxygens (including phenoxy) is 3. The van der Waals surface area contributed by atoms with Crippen molar-refractivity contribution >= 4 is 49.3 Å². The first-order valence-corrected chi connectivity index (χ1v) is 25.3. The Bertz CT molecular complexity index is 2190. The van der Waals surface area contributed by atoms with Crippen molar-refractivity contribution in [2.24, 2.45) is 17.3 Å². The Morgan fingerprint density at radius 2 is 1.78 bits per heavy atom. The number of aromatic hydroxyl groups is 1. The van der Waals surface area contributed by atoms with Crippen LogP contribution in [0.4, 0.5) is 5.69 Å². The second-order valence-electron chi connectivity index (χ2n) is 17.6. The molecule has 1 unspecified atom stereocenters. The molecule has 63 heavy (non-hydrogen) atoms. The fraction of sp³-hybridized carbons (Fsp3) is 0.510. The number of nitro benzene ring substituents is 1. The SMILES string of the molecule is C=C(C)[C@@H]1CCC(C)=C[C@H]1c1c(O)cc(CCCCC)cc1OC(=S)OC/C=C/C1=C(C(=O)OC(=O)c2ccc([N+](=O)[O-])cc2)N2C(=O)[C@](C)(C(C)O[Si](CC)(CC)CC)[C@H]2[C@H]1C. The number of phenolic OH excluding ortho intramolecular Hbond substituents is 1. The molecule has 1 N–H and O–H groups in total. The third-order valence-corrected chi connectivity index (χ3v) is 18.6. The van der Waals surface area contributed by atoms with E-state index in [9.17, 15) is 29.6 Å². The number of esters is 2. The quantitative estimate of drug-likeness (QED) is 0.0165. The van der Waals surface area contributed by atoms with E-state index in [1.54, 1.807) is 12.2 Å². The number of carbonyl (C=O) groups is 3. The van der Waals surface area contributed by atoms with Crippen molar-refractivity contribution in [3.05, 3.63) is 110 Å². The van der Waals surface area contributed by atoms with E-state index in [-0.39, 0.29) is 58.2 Å². The number of hydrogen-bond acceptors (Lipinski definition) is 11. The zero-order valence-electron chi connectivity index (χ0n) is 38.3. The molecule has 12 nitrogen and oxygen atoms in total. The predicted octanol–water partition coefficient (Wildman–Crippen LogP) is 11.2. The van der Waals surface area contributed by atoms with E-state index in [1.807, 2.05) is 39.8 Å². The van der Waals surface area contributed by atoms with Crippen molar-refractivity contribution in [3.8, 4) is 11.5 Å². The zero-order valence-corrected chi connectivity index (χ0v) is 40.1. The summed E-state index contributed by atoms with van der Waals surface area (Å²) in [5, 5.41) is 22.6. The van der Waals surface area contributed by atoms with Crippen molar-refractivity contribution in [2.75, 3.05) is 6.61 Å². The number of non-ortho nitro benzene ring substituents is 1. The lowest BCUT2D eigenvalue weighted by Crippen LogP contribution is -2.72. The Labute approximate surface area is 378 Å². The van der Waals surface area contributed by atoms with Gasteiger partial charge in [-0.15, -0.1) is 0 Å². The van der Waals surface area contributed by atoms with E-state index < -0.39 is 42.7 Å². The first-order chi connectivity index (χ1) is 29.9. The van der Waals surface area contributed by atoms with Crippen LogP contribution in [0.3, 0.4) is 0 Å². The molecule has 2 aromatic carbocycles. The molecule has 1 aliphatic carbocycles. The highest BCUT2D eigenvalue weighted by atomic mass is 32.1. The largest absolute Gasteiger partial charge is 0.507 e. The van der Waals surface area contributed by atoms with Crippen molar-refractivity contribution in [3.63, 3.8) is 0 Å². The van der Waals surface area contributed by atoms with Gasteiger partial charge in [0, 0.05) is 41.7 Å². The van der Waals surface area contributed by atoms with Gasteiger partial charge in [0.05, 0.1) is 28.0 Å². The number of benzene rings is 2. The number of nitro groups is 1. The minimum absolute atomic E-state index is 0.0642. The van der Waals surface area contributed by atoms with Crippen LogP contribution >= 0.6 is 12.2 Å². The summed E-state index contributed by atoms with van der Waals surface area (Å²) in [4.78, 5) is 53.5. The molecule has 0 aromatic heterocycles. The van der Waals surface area contributed by atoms with E-state index in [1.165, 1.54) is 22.6 Å². The van der Waals surface area contributed by atoms with Crippen molar-refractivity contribution in [2.45, 2.75) is 137 Å². The molecule has 2 heterocycles. The molecule has 14 heteroatoms. The van der Waals surface area contributed by atoms with E-state index in [2.05, 4.69) is 47.3 Å².